The zero-order valence-electron chi connectivity index (χ0n) is 12.8. The van der Waals surface area contributed by atoms with E-state index in [1.54, 1.807) is 12.3 Å². The number of nitrogens with one attached hydrogen (secondary N) is 1. The molecule has 0 aliphatic heterocycles. The smallest absolute Gasteiger partial charge is 0.227 e. The molecule has 6 heteroatoms. The van der Waals surface area contributed by atoms with Crippen molar-refractivity contribution in [1.29, 1.82) is 0 Å². The molecule has 0 aliphatic rings. The Kier molecular flexibility index (Phi) is 5.96. The number of guanidine groups is 1. The first kappa shape index (κ1) is 15.9. The third-order valence-electron chi connectivity index (χ3n) is 2.57. The minimum absolute atomic E-state index is 0.0815. The Bertz CT molecular complexity index is 455. The number of pyridine rings is 1. The van der Waals surface area contributed by atoms with Crippen LogP contribution in [0, 0.1) is 6.92 Å². The van der Waals surface area contributed by atoms with E-state index in [1.807, 2.05) is 51.0 Å². The van der Waals surface area contributed by atoms with Gasteiger partial charge in [0.25, 0.3) is 0 Å². The van der Waals surface area contributed by atoms with Gasteiger partial charge in [-0.25, -0.2) is 4.98 Å². The van der Waals surface area contributed by atoms with Crippen LogP contribution in [0.25, 0.3) is 0 Å². The maximum Gasteiger partial charge on any atom is 0.227 e. The van der Waals surface area contributed by atoms with Gasteiger partial charge in [-0.2, -0.15) is 0 Å². The molecule has 0 atom stereocenters. The summed E-state index contributed by atoms with van der Waals surface area (Å²) >= 11 is 0. The summed E-state index contributed by atoms with van der Waals surface area (Å²) in [6, 6.07) is 3.71. The van der Waals surface area contributed by atoms with Gasteiger partial charge in [-0.05, 0) is 18.6 Å². The summed E-state index contributed by atoms with van der Waals surface area (Å²) in [5, 5.41) is 2.75. The zero-order chi connectivity index (χ0) is 15.1. The van der Waals surface area contributed by atoms with E-state index >= 15 is 0 Å². The Morgan fingerprint density at radius 2 is 1.90 bits per heavy atom. The number of aliphatic imine (C=N–C) groups is 1. The molecule has 0 aliphatic carbocycles. The number of rotatable bonds is 4. The lowest BCUT2D eigenvalue weighted by Crippen LogP contribution is -2.35. The van der Waals surface area contributed by atoms with E-state index < -0.39 is 0 Å². The van der Waals surface area contributed by atoms with Crippen molar-refractivity contribution in [1.82, 2.24) is 14.8 Å². The van der Waals surface area contributed by atoms with Gasteiger partial charge in [0.1, 0.15) is 5.82 Å². The van der Waals surface area contributed by atoms with Crippen molar-refractivity contribution in [3.63, 3.8) is 0 Å². The van der Waals surface area contributed by atoms with Crippen LogP contribution in [0.15, 0.2) is 23.3 Å². The lowest BCUT2D eigenvalue weighted by atomic mass is 10.3. The molecule has 0 fully saturated rings. The van der Waals surface area contributed by atoms with Crippen LogP contribution in [-0.2, 0) is 4.79 Å². The summed E-state index contributed by atoms with van der Waals surface area (Å²) in [7, 11) is 7.70. The van der Waals surface area contributed by atoms with Crippen LogP contribution in [0.1, 0.15) is 12.0 Å². The first-order valence-electron chi connectivity index (χ1n) is 6.51. The topological polar surface area (TPSA) is 60.8 Å². The standard InChI is InChI=1S/C14H23N5O/c1-11-6-7-12(16-10-11)17-13(20)8-9-15-14(18(2)3)19(4)5/h6-7,10H,8-9H2,1-5H3,(H,16,17,20). The monoisotopic (exact) mass is 277 g/mol. The normalized spacial score (nSPS) is 9.85. The highest BCUT2D eigenvalue weighted by Gasteiger charge is 2.06. The number of hydrogen-bond donors (Lipinski definition) is 1. The molecular weight excluding hydrogens is 254 g/mol. The lowest BCUT2D eigenvalue weighted by Gasteiger charge is -2.22. The maximum atomic E-state index is 11.8. The first-order chi connectivity index (χ1) is 9.40. The third kappa shape index (κ3) is 5.26. The Morgan fingerprint density at radius 3 is 2.40 bits per heavy atom. The minimum atomic E-state index is -0.0815. The van der Waals surface area contributed by atoms with Gasteiger partial charge in [0.15, 0.2) is 5.96 Å². The fraction of sp³-hybridized carbons (Fsp3) is 0.500. The molecule has 0 bridgehead atoms. The van der Waals surface area contributed by atoms with Crippen molar-refractivity contribution >= 4 is 17.7 Å². The van der Waals surface area contributed by atoms with Gasteiger partial charge in [0.05, 0.1) is 6.54 Å². The van der Waals surface area contributed by atoms with Gasteiger partial charge < -0.3 is 15.1 Å². The van der Waals surface area contributed by atoms with E-state index in [4.69, 9.17) is 0 Å². The number of amides is 1. The van der Waals surface area contributed by atoms with E-state index in [2.05, 4.69) is 15.3 Å². The van der Waals surface area contributed by atoms with Gasteiger partial charge in [0, 0.05) is 40.8 Å². The zero-order valence-corrected chi connectivity index (χ0v) is 12.8. The second kappa shape index (κ2) is 7.47. The average molecular weight is 277 g/mol. The van der Waals surface area contributed by atoms with E-state index in [0.717, 1.165) is 11.5 Å². The van der Waals surface area contributed by atoms with E-state index in [0.29, 0.717) is 18.8 Å². The van der Waals surface area contributed by atoms with Gasteiger partial charge in [-0.3, -0.25) is 9.79 Å². The first-order valence-corrected chi connectivity index (χ1v) is 6.51. The van der Waals surface area contributed by atoms with Gasteiger partial charge in [-0.15, -0.1) is 0 Å². The number of carbonyl (C=O) groups excluding carboxylic acids is 1. The molecule has 0 saturated carbocycles. The van der Waals surface area contributed by atoms with Crippen molar-refractivity contribution < 1.29 is 4.79 Å². The van der Waals surface area contributed by atoms with E-state index in [9.17, 15) is 4.79 Å². The number of anilines is 1. The fourth-order valence-corrected chi connectivity index (χ4v) is 1.69. The van der Waals surface area contributed by atoms with E-state index in [-0.39, 0.29) is 5.91 Å². The van der Waals surface area contributed by atoms with Gasteiger partial charge in [0.2, 0.25) is 5.91 Å². The molecule has 0 aromatic carbocycles. The van der Waals surface area contributed by atoms with Crippen LogP contribution in [0.2, 0.25) is 0 Å². The highest BCUT2D eigenvalue weighted by molar-refractivity contribution is 5.90. The quantitative estimate of drug-likeness (QED) is 0.663. The molecule has 1 aromatic heterocycles. The molecular formula is C14H23N5O. The van der Waals surface area contributed by atoms with Crippen LogP contribution in [0.3, 0.4) is 0 Å². The largest absolute Gasteiger partial charge is 0.349 e. The number of nitrogens with zero attached hydrogens (tertiary/aromatic N) is 4. The number of aromatic nitrogens is 1. The van der Waals surface area contributed by atoms with Gasteiger partial charge >= 0.3 is 0 Å². The maximum absolute atomic E-state index is 11.8. The molecule has 1 N–H and O–H groups in total. The third-order valence-corrected chi connectivity index (χ3v) is 2.57. The summed E-state index contributed by atoms with van der Waals surface area (Å²) in [5.74, 6) is 1.33. The Hall–Kier alpha value is -2.11. The molecule has 1 heterocycles. The van der Waals surface area contributed by atoms with Crippen LogP contribution in [-0.4, -0.2) is 61.4 Å². The lowest BCUT2D eigenvalue weighted by molar-refractivity contribution is -0.116. The molecule has 20 heavy (non-hydrogen) atoms. The van der Waals surface area contributed by atoms with Crippen LogP contribution < -0.4 is 5.32 Å². The number of hydrogen-bond acceptors (Lipinski definition) is 3. The Morgan fingerprint density at radius 1 is 1.25 bits per heavy atom. The van der Waals surface area contributed by atoms with Crippen LogP contribution >= 0.6 is 0 Å². The molecule has 6 nitrogen and oxygen atoms in total. The molecule has 0 radical (unpaired) electrons. The van der Waals surface area contributed by atoms with E-state index in [1.165, 1.54) is 0 Å². The second-order valence-corrected chi connectivity index (χ2v) is 4.99. The SMILES string of the molecule is Cc1ccc(NC(=O)CCN=C(N(C)C)N(C)C)nc1. The van der Waals surface area contributed by atoms with Crippen LogP contribution in [0.4, 0.5) is 5.82 Å². The van der Waals surface area contributed by atoms with Crippen molar-refractivity contribution in [2.24, 2.45) is 4.99 Å². The van der Waals surface area contributed by atoms with Crippen molar-refractivity contribution in [3.8, 4) is 0 Å². The minimum Gasteiger partial charge on any atom is -0.349 e. The summed E-state index contributed by atoms with van der Waals surface area (Å²) in [6.07, 6.45) is 2.06. The summed E-state index contributed by atoms with van der Waals surface area (Å²) < 4.78 is 0. The predicted octanol–water partition coefficient (Wildman–Crippen LogP) is 1.20. The second-order valence-electron chi connectivity index (χ2n) is 4.99. The Labute approximate surface area is 120 Å². The molecule has 0 spiro atoms. The molecule has 0 saturated heterocycles. The van der Waals surface area contributed by atoms with Crippen LogP contribution in [0.5, 0.6) is 0 Å². The van der Waals surface area contributed by atoms with Gasteiger partial charge in [-0.1, -0.05) is 6.07 Å². The Balaban J connectivity index is 2.47. The molecule has 1 amide bonds. The molecule has 0 unspecified atom stereocenters. The highest BCUT2D eigenvalue weighted by atomic mass is 16.1. The van der Waals surface area contributed by atoms with Crippen molar-refractivity contribution in [2.75, 3.05) is 40.1 Å². The van der Waals surface area contributed by atoms with Crippen molar-refractivity contribution in [2.45, 2.75) is 13.3 Å². The summed E-state index contributed by atoms with van der Waals surface area (Å²) in [5.41, 5.74) is 1.06. The average Bonchev–Trinajstić information content (AvgIpc) is 2.36. The summed E-state index contributed by atoms with van der Waals surface area (Å²) in [6.45, 7) is 2.40. The molecule has 1 aromatic rings. The number of carbonyl (C=O) groups is 1. The molecule has 110 valence electrons. The predicted molar refractivity (Wildman–Crippen MR) is 81.9 cm³/mol. The van der Waals surface area contributed by atoms with Crippen molar-refractivity contribution in [3.05, 3.63) is 23.9 Å². The number of aryl methyl sites for hydroxylation is 1. The molecule has 1 rings (SSSR count). The summed E-state index contributed by atoms with van der Waals surface area (Å²) in [4.78, 5) is 24.1. The fourth-order valence-electron chi connectivity index (χ4n) is 1.69. The highest BCUT2D eigenvalue weighted by Crippen LogP contribution is 2.04.